The number of amides is 1. The molecule has 144 valence electrons. The first kappa shape index (κ1) is 18.4. The van der Waals surface area contributed by atoms with Crippen molar-refractivity contribution in [2.24, 2.45) is 0 Å². The Kier molecular flexibility index (Phi) is 4.80. The van der Waals surface area contributed by atoms with Gasteiger partial charge >= 0.3 is 0 Å². The summed E-state index contributed by atoms with van der Waals surface area (Å²) in [5.74, 6) is 0.505. The Morgan fingerprint density at radius 3 is 2.59 bits per heavy atom. The number of benzene rings is 3. The van der Waals surface area contributed by atoms with E-state index in [1.807, 2.05) is 30.3 Å². The zero-order valence-electron chi connectivity index (χ0n) is 15.9. The van der Waals surface area contributed by atoms with Crippen molar-refractivity contribution in [3.63, 3.8) is 0 Å². The minimum absolute atomic E-state index is 0.359. The molecule has 0 spiro atoms. The maximum Gasteiger partial charge on any atom is 0.265 e. The zero-order valence-corrected chi connectivity index (χ0v) is 15.9. The predicted octanol–water partition coefficient (Wildman–Crippen LogP) is 4.87. The molecule has 6 nitrogen and oxygen atoms in total. The molecule has 3 aromatic carbocycles. The predicted molar refractivity (Wildman–Crippen MR) is 110 cm³/mol. The number of hydrogen-bond acceptors (Lipinski definition) is 5. The summed E-state index contributed by atoms with van der Waals surface area (Å²) in [4.78, 5) is 12.7. The van der Waals surface area contributed by atoms with Crippen LogP contribution in [0.5, 0.6) is 11.5 Å². The van der Waals surface area contributed by atoms with Gasteiger partial charge in [0.25, 0.3) is 5.91 Å². The molecular formula is C23H18N2O4. The number of nitriles is 1. The second kappa shape index (κ2) is 7.56. The molecule has 0 aliphatic heterocycles. The number of ether oxygens (including phenoxy) is 2. The molecule has 4 aromatic rings. The number of hydrogen-bond donors (Lipinski definition) is 1. The Bertz CT molecular complexity index is 1250. The van der Waals surface area contributed by atoms with E-state index in [0.717, 1.165) is 16.4 Å². The smallest absolute Gasteiger partial charge is 0.265 e. The van der Waals surface area contributed by atoms with E-state index in [9.17, 15) is 10.1 Å². The Hall–Kier alpha value is -3.98. The minimum atomic E-state index is -0.819. The summed E-state index contributed by atoms with van der Waals surface area (Å²) in [6.07, 6.45) is -0.819. The fourth-order valence-corrected chi connectivity index (χ4v) is 3.16. The molecule has 29 heavy (non-hydrogen) atoms. The number of fused-ring (bicyclic) bond motifs is 3. The van der Waals surface area contributed by atoms with Crippen molar-refractivity contribution in [2.75, 3.05) is 12.4 Å². The van der Waals surface area contributed by atoms with E-state index < -0.39 is 6.10 Å². The third kappa shape index (κ3) is 3.46. The van der Waals surface area contributed by atoms with Crippen LogP contribution in [-0.2, 0) is 4.79 Å². The van der Waals surface area contributed by atoms with E-state index in [1.165, 1.54) is 0 Å². The van der Waals surface area contributed by atoms with E-state index in [4.69, 9.17) is 13.9 Å². The van der Waals surface area contributed by atoms with Crippen molar-refractivity contribution in [3.8, 4) is 17.6 Å². The molecule has 1 atom stereocenters. The number of carbonyl (C=O) groups is 1. The van der Waals surface area contributed by atoms with Gasteiger partial charge in [-0.2, -0.15) is 5.26 Å². The monoisotopic (exact) mass is 386 g/mol. The Labute approximate surface area is 167 Å². The van der Waals surface area contributed by atoms with Crippen molar-refractivity contribution in [3.05, 3.63) is 66.2 Å². The van der Waals surface area contributed by atoms with Crippen LogP contribution in [0.1, 0.15) is 12.5 Å². The number of para-hydroxylation sites is 2. The van der Waals surface area contributed by atoms with E-state index in [0.29, 0.717) is 28.3 Å². The molecule has 6 heteroatoms. The van der Waals surface area contributed by atoms with Crippen LogP contribution in [0.4, 0.5) is 5.69 Å². The van der Waals surface area contributed by atoms with Crippen LogP contribution in [0.3, 0.4) is 0 Å². The molecule has 0 saturated heterocycles. The third-order valence-electron chi connectivity index (χ3n) is 4.64. The standard InChI is InChI=1S/C23H18N2O4/c1-14(28-19-9-5-3-7-15(19)13-24)23(26)25-18-12-21-17(11-22(18)27-2)16-8-4-6-10-20(16)29-21/h3-12,14H,1-2H3,(H,25,26)/t14-/m0/s1. The van der Waals surface area contributed by atoms with E-state index in [1.54, 1.807) is 44.4 Å². The van der Waals surface area contributed by atoms with Crippen LogP contribution in [-0.4, -0.2) is 19.1 Å². The zero-order chi connectivity index (χ0) is 20.4. The van der Waals surface area contributed by atoms with E-state index in [2.05, 4.69) is 11.4 Å². The summed E-state index contributed by atoms with van der Waals surface area (Å²) < 4.78 is 17.0. The summed E-state index contributed by atoms with van der Waals surface area (Å²) in [5, 5.41) is 13.9. The van der Waals surface area contributed by atoms with Gasteiger partial charge in [0.05, 0.1) is 18.4 Å². The van der Waals surface area contributed by atoms with Crippen molar-refractivity contribution >= 4 is 33.5 Å². The lowest BCUT2D eigenvalue weighted by atomic mass is 10.1. The molecule has 0 unspecified atom stereocenters. The molecule has 0 fully saturated rings. The molecule has 1 aromatic heterocycles. The molecule has 1 heterocycles. The van der Waals surface area contributed by atoms with Crippen LogP contribution in [0, 0.1) is 11.3 Å². The van der Waals surface area contributed by atoms with Crippen molar-refractivity contribution < 1.29 is 18.7 Å². The highest BCUT2D eigenvalue weighted by Gasteiger charge is 2.19. The quantitative estimate of drug-likeness (QED) is 0.529. The minimum Gasteiger partial charge on any atom is -0.495 e. The van der Waals surface area contributed by atoms with Gasteiger partial charge < -0.3 is 19.2 Å². The maximum atomic E-state index is 12.7. The summed E-state index contributed by atoms with van der Waals surface area (Å²) in [6, 6.07) is 20.1. The first-order valence-electron chi connectivity index (χ1n) is 9.06. The second-order valence-corrected chi connectivity index (χ2v) is 6.50. The normalized spacial score (nSPS) is 11.8. The van der Waals surface area contributed by atoms with Crippen molar-refractivity contribution in [1.29, 1.82) is 5.26 Å². The highest BCUT2D eigenvalue weighted by atomic mass is 16.5. The summed E-state index contributed by atoms with van der Waals surface area (Å²) >= 11 is 0. The highest BCUT2D eigenvalue weighted by molar-refractivity contribution is 6.08. The fraction of sp³-hybridized carbons (Fsp3) is 0.130. The van der Waals surface area contributed by atoms with E-state index >= 15 is 0 Å². The molecule has 0 aliphatic rings. The third-order valence-corrected chi connectivity index (χ3v) is 4.64. The van der Waals surface area contributed by atoms with Gasteiger partial charge in [-0.05, 0) is 31.2 Å². The summed E-state index contributed by atoms with van der Waals surface area (Å²) in [7, 11) is 1.54. The molecule has 0 saturated carbocycles. The van der Waals surface area contributed by atoms with Crippen LogP contribution < -0.4 is 14.8 Å². The maximum absolute atomic E-state index is 12.7. The first-order valence-corrected chi connectivity index (χ1v) is 9.06. The molecule has 4 rings (SSSR count). The van der Waals surface area contributed by atoms with Gasteiger partial charge in [0, 0.05) is 16.8 Å². The Morgan fingerprint density at radius 1 is 1.03 bits per heavy atom. The first-order chi connectivity index (χ1) is 14.1. The topological polar surface area (TPSA) is 84.5 Å². The average Bonchev–Trinajstić information content (AvgIpc) is 3.10. The van der Waals surface area contributed by atoms with Gasteiger partial charge in [-0.25, -0.2) is 0 Å². The lowest BCUT2D eigenvalue weighted by Crippen LogP contribution is -2.30. The fourth-order valence-electron chi connectivity index (χ4n) is 3.16. The molecule has 0 bridgehead atoms. The largest absolute Gasteiger partial charge is 0.495 e. The van der Waals surface area contributed by atoms with Gasteiger partial charge in [-0.1, -0.05) is 30.3 Å². The van der Waals surface area contributed by atoms with Crippen LogP contribution in [0.25, 0.3) is 21.9 Å². The molecule has 0 aliphatic carbocycles. The van der Waals surface area contributed by atoms with Gasteiger partial charge in [-0.15, -0.1) is 0 Å². The van der Waals surface area contributed by atoms with Gasteiger partial charge in [0.1, 0.15) is 28.7 Å². The average molecular weight is 386 g/mol. The number of anilines is 1. The van der Waals surface area contributed by atoms with Crippen molar-refractivity contribution in [1.82, 2.24) is 0 Å². The SMILES string of the molecule is COc1cc2c(cc1NC(=O)[C@H](C)Oc1ccccc1C#N)oc1ccccc12. The number of methoxy groups -OCH3 is 1. The molecule has 0 radical (unpaired) electrons. The van der Waals surface area contributed by atoms with Crippen molar-refractivity contribution in [2.45, 2.75) is 13.0 Å². The Morgan fingerprint density at radius 2 is 1.79 bits per heavy atom. The van der Waals surface area contributed by atoms with Crippen LogP contribution >= 0.6 is 0 Å². The lowest BCUT2D eigenvalue weighted by Gasteiger charge is -2.16. The van der Waals surface area contributed by atoms with Crippen LogP contribution in [0.2, 0.25) is 0 Å². The number of nitrogens with one attached hydrogen (secondary N) is 1. The summed E-state index contributed by atoms with van der Waals surface area (Å²) in [6.45, 7) is 1.62. The van der Waals surface area contributed by atoms with Crippen LogP contribution in [0.15, 0.2) is 65.1 Å². The number of carbonyl (C=O) groups excluding carboxylic acids is 1. The van der Waals surface area contributed by atoms with Gasteiger partial charge in [0.2, 0.25) is 0 Å². The number of nitrogens with zero attached hydrogens (tertiary/aromatic N) is 1. The molecule has 1 N–H and O–H groups in total. The number of rotatable bonds is 5. The lowest BCUT2D eigenvalue weighted by molar-refractivity contribution is -0.122. The Balaban J connectivity index is 1.61. The van der Waals surface area contributed by atoms with E-state index in [-0.39, 0.29) is 5.91 Å². The summed E-state index contributed by atoms with van der Waals surface area (Å²) in [5.41, 5.74) is 2.25. The van der Waals surface area contributed by atoms with Gasteiger partial charge in [-0.3, -0.25) is 4.79 Å². The number of furan rings is 1. The second-order valence-electron chi connectivity index (χ2n) is 6.50. The highest BCUT2D eigenvalue weighted by Crippen LogP contribution is 2.36. The molecular weight excluding hydrogens is 368 g/mol. The molecule has 1 amide bonds. The van der Waals surface area contributed by atoms with Gasteiger partial charge in [0.15, 0.2) is 6.10 Å².